The van der Waals surface area contributed by atoms with Gasteiger partial charge in [0.2, 0.25) is 0 Å². The van der Waals surface area contributed by atoms with E-state index in [-0.39, 0.29) is 5.91 Å². The molecule has 1 aromatic heterocycles. The van der Waals surface area contributed by atoms with Gasteiger partial charge in [0.05, 0.1) is 23.6 Å². The molecule has 2 amide bonds. The van der Waals surface area contributed by atoms with Crippen molar-refractivity contribution in [2.24, 2.45) is 5.92 Å². The first-order valence-electron chi connectivity index (χ1n) is 14.6. The fourth-order valence-corrected chi connectivity index (χ4v) is 6.13. The quantitative estimate of drug-likeness (QED) is 0.148. The maximum atomic E-state index is 13.7. The number of aryl methyl sites for hydroxylation is 1. The molecule has 0 radical (unpaired) electrons. The van der Waals surface area contributed by atoms with Gasteiger partial charge in [0, 0.05) is 28.9 Å². The maximum Gasteiger partial charge on any atom is 0.424 e. The van der Waals surface area contributed by atoms with Crippen molar-refractivity contribution < 1.29 is 32.4 Å². The van der Waals surface area contributed by atoms with Crippen LogP contribution in [0.15, 0.2) is 77.8 Å². The van der Waals surface area contributed by atoms with Gasteiger partial charge in [-0.1, -0.05) is 18.2 Å². The molecule has 0 spiro atoms. The number of para-hydroxylation sites is 1. The zero-order chi connectivity index (χ0) is 33.2. The Morgan fingerprint density at radius 3 is 2.41 bits per heavy atom. The Kier molecular flexibility index (Phi) is 8.97. The van der Waals surface area contributed by atoms with Crippen molar-refractivity contribution in [2.45, 2.75) is 57.6 Å². The molecule has 12 nitrogen and oxygen atoms in total. The second-order valence-electron chi connectivity index (χ2n) is 12.1. The van der Waals surface area contributed by atoms with Gasteiger partial charge in [-0.2, -0.15) is 4.31 Å². The number of fused-ring (bicyclic) bond motifs is 1. The number of nitrogens with one attached hydrogen (secondary N) is 1. The predicted molar refractivity (Wildman–Crippen MR) is 171 cm³/mol. The molecule has 5 rings (SSSR count). The molecular weight excluding hydrogens is 612 g/mol. The Labute approximate surface area is 266 Å². The number of nitro benzene ring substituents is 1. The van der Waals surface area contributed by atoms with Gasteiger partial charge in [-0.25, -0.2) is 13.2 Å². The first-order chi connectivity index (χ1) is 21.7. The Balaban J connectivity index is 1.39. The van der Waals surface area contributed by atoms with E-state index in [4.69, 9.17) is 9.47 Å². The average Bonchev–Trinajstić information content (AvgIpc) is 3.84. The van der Waals surface area contributed by atoms with Gasteiger partial charge in [-0.05, 0) is 100 Å². The molecule has 0 unspecified atom stereocenters. The molecule has 0 bridgehead atoms. The SMILES string of the molecule is Cc1c(NC(=O)c2ccc(OCC3CC3)cc2)ccc2cc(CN(C(=O)OC(C)(C)C)S(=O)(=O)c3ccccc3[N+](=O)[O-])cnc12. The molecule has 1 fully saturated rings. The molecule has 46 heavy (non-hydrogen) atoms. The number of benzene rings is 3. The third-order valence-electron chi connectivity index (χ3n) is 7.26. The summed E-state index contributed by atoms with van der Waals surface area (Å²) in [6.07, 6.45) is 2.60. The lowest BCUT2D eigenvalue weighted by Crippen LogP contribution is -2.40. The minimum atomic E-state index is -4.73. The highest BCUT2D eigenvalue weighted by molar-refractivity contribution is 7.89. The van der Waals surface area contributed by atoms with Crippen molar-refractivity contribution in [3.63, 3.8) is 0 Å². The number of nitro groups is 1. The molecule has 1 saturated carbocycles. The highest BCUT2D eigenvalue weighted by Gasteiger charge is 2.37. The number of nitrogens with zero attached hydrogens (tertiary/aromatic N) is 3. The summed E-state index contributed by atoms with van der Waals surface area (Å²) in [5.74, 6) is 1.03. The van der Waals surface area contributed by atoms with Crippen LogP contribution in [0.2, 0.25) is 0 Å². The summed E-state index contributed by atoms with van der Waals surface area (Å²) in [6, 6.07) is 16.8. The summed E-state index contributed by atoms with van der Waals surface area (Å²) in [5, 5.41) is 15.2. The minimum Gasteiger partial charge on any atom is -0.493 e. The molecule has 1 N–H and O–H groups in total. The molecule has 240 valence electrons. The molecule has 0 aliphatic heterocycles. The molecule has 3 aromatic carbocycles. The van der Waals surface area contributed by atoms with Crippen LogP contribution >= 0.6 is 0 Å². The van der Waals surface area contributed by atoms with Crippen molar-refractivity contribution in [2.75, 3.05) is 11.9 Å². The van der Waals surface area contributed by atoms with Gasteiger partial charge in [0.15, 0.2) is 4.90 Å². The zero-order valence-electron chi connectivity index (χ0n) is 25.8. The highest BCUT2D eigenvalue weighted by atomic mass is 32.2. The lowest BCUT2D eigenvalue weighted by molar-refractivity contribution is -0.387. The number of carbonyl (C=O) groups excluding carboxylic acids is 2. The number of carbonyl (C=O) groups is 2. The zero-order valence-corrected chi connectivity index (χ0v) is 26.7. The van der Waals surface area contributed by atoms with Crippen LogP contribution in [0.3, 0.4) is 0 Å². The number of hydrogen-bond donors (Lipinski definition) is 1. The van der Waals surface area contributed by atoms with Gasteiger partial charge >= 0.3 is 6.09 Å². The van der Waals surface area contributed by atoms with Crippen molar-refractivity contribution in [1.82, 2.24) is 9.29 Å². The minimum absolute atomic E-state index is 0.305. The van der Waals surface area contributed by atoms with E-state index in [2.05, 4.69) is 10.3 Å². The highest BCUT2D eigenvalue weighted by Crippen LogP contribution is 2.31. The maximum absolute atomic E-state index is 13.7. The molecule has 4 aromatic rings. The number of hydrogen-bond acceptors (Lipinski definition) is 9. The summed E-state index contributed by atoms with van der Waals surface area (Å²) >= 11 is 0. The van der Waals surface area contributed by atoms with E-state index >= 15 is 0 Å². The van der Waals surface area contributed by atoms with E-state index in [0.29, 0.717) is 55.9 Å². The van der Waals surface area contributed by atoms with E-state index in [9.17, 15) is 28.1 Å². The molecule has 1 aliphatic carbocycles. The summed E-state index contributed by atoms with van der Waals surface area (Å²) in [7, 11) is -4.73. The number of ether oxygens (including phenoxy) is 2. The van der Waals surface area contributed by atoms with Gasteiger partial charge in [0.25, 0.3) is 21.6 Å². The second-order valence-corrected chi connectivity index (χ2v) is 13.9. The van der Waals surface area contributed by atoms with Gasteiger partial charge in [-0.15, -0.1) is 0 Å². The summed E-state index contributed by atoms with van der Waals surface area (Å²) in [4.78, 5) is 40.9. The van der Waals surface area contributed by atoms with Gasteiger partial charge in [-0.3, -0.25) is 19.9 Å². The van der Waals surface area contributed by atoms with Gasteiger partial charge in [0.1, 0.15) is 11.4 Å². The van der Waals surface area contributed by atoms with Crippen LogP contribution in [0.25, 0.3) is 10.9 Å². The average molecular weight is 647 g/mol. The largest absolute Gasteiger partial charge is 0.493 e. The Morgan fingerprint density at radius 2 is 1.76 bits per heavy atom. The summed E-state index contributed by atoms with van der Waals surface area (Å²) in [6.45, 7) is 6.72. The van der Waals surface area contributed by atoms with E-state index in [1.54, 1.807) is 70.2 Å². The number of anilines is 1. The molecule has 0 saturated heterocycles. The Bertz CT molecular complexity index is 1920. The molecule has 13 heteroatoms. The van der Waals surface area contributed by atoms with Crippen LogP contribution < -0.4 is 10.1 Å². The third kappa shape index (κ3) is 7.42. The standard InChI is InChI=1S/C33H34N4O8S/c1-21-27(35-31(38)24-11-14-26(15-12-24)44-20-22-9-10-22)16-13-25-17-23(18-34-30(21)25)19-36(32(39)45-33(2,3)4)46(42,43)29-8-6-5-7-28(29)37(40)41/h5-8,11-18,22H,9-10,19-20H2,1-4H3,(H,35,38). The fourth-order valence-electron chi connectivity index (χ4n) is 4.68. The molecule has 0 atom stereocenters. The number of rotatable bonds is 10. The van der Waals surface area contributed by atoms with Crippen LogP contribution in [-0.2, 0) is 21.3 Å². The van der Waals surface area contributed by atoms with Crippen LogP contribution in [0.4, 0.5) is 16.2 Å². The van der Waals surface area contributed by atoms with Crippen LogP contribution in [-0.4, -0.2) is 46.8 Å². The lowest BCUT2D eigenvalue weighted by atomic mass is 10.1. The summed E-state index contributed by atoms with van der Waals surface area (Å²) < 4.78 is 39.0. The second kappa shape index (κ2) is 12.8. The first kappa shape index (κ1) is 32.4. The predicted octanol–water partition coefficient (Wildman–Crippen LogP) is 6.62. The lowest BCUT2D eigenvalue weighted by Gasteiger charge is -2.27. The fraction of sp³-hybridized carbons (Fsp3) is 0.303. The number of amides is 2. The van der Waals surface area contributed by atoms with Crippen molar-refractivity contribution >= 4 is 44.3 Å². The van der Waals surface area contributed by atoms with E-state index in [1.165, 1.54) is 31.2 Å². The summed E-state index contributed by atoms with van der Waals surface area (Å²) in [5.41, 5.74) is 0.856. The van der Waals surface area contributed by atoms with Gasteiger partial charge < -0.3 is 14.8 Å². The number of aromatic nitrogens is 1. The van der Waals surface area contributed by atoms with Crippen LogP contribution in [0.1, 0.15) is 55.1 Å². The van der Waals surface area contributed by atoms with Crippen molar-refractivity contribution in [1.29, 1.82) is 0 Å². The third-order valence-corrected chi connectivity index (χ3v) is 9.02. The molecular formula is C33H34N4O8S. The smallest absolute Gasteiger partial charge is 0.424 e. The topological polar surface area (TPSA) is 158 Å². The molecule has 1 heterocycles. The molecule has 1 aliphatic rings. The van der Waals surface area contributed by atoms with E-state index in [0.717, 1.165) is 12.1 Å². The van der Waals surface area contributed by atoms with Crippen molar-refractivity contribution in [3.8, 4) is 5.75 Å². The normalized spacial score (nSPS) is 13.2. The van der Waals surface area contributed by atoms with Crippen molar-refractivity contribution in [3.05, 3.63) is 99.7 Å². The Morgan fingerprint density at radius 1 is 1.07 bits per heavy atom. The number of pyridine rings is 1. The number of sulfonamides is 1. The first-order valence-corrected chi connectivity index (χ1v) is 16.1. The van der Waals surface area contributed by atoms with E-state index < -0.39 is 43.8 Å². The van der Waals surface area contributed by atoms with Crippen LogP contribution in [0.5, 0.6) is 5.75 Å². The van der Waals surface area contributed by atoms with Crippen LogP contribution in [0, 0.1) is 23.0 Å². The monoisotopic (exact) mass is 646 g/mol. The van der Waals surface area contributed by atoms with E-state index in [1.807, 2.05) is 0 Å². The Hall–Kier alpha value is -5.04.